The summed E-state index contributed by atoms with van der Waals surface area (Å²) in [7, 11) is 0. The van der Waals surface area contributed by atoms with Gasteiger partial charge in [-0.05, 0) is 49.1 Å². The molecular formula is C22H27N3O4S. The van der Waals surface area contributed by atoms with E-state index >= 15 is 0 Å². The number of aryl methyl sites for hydroxylation is 1. The second-order valence-electron chi connectivity index (χ2n) is 8.57. The number of carbonyl (C=O) groups excluding carboxylic acids is 2. The maximum Gasteiger partial charge on any atom is 0.273 e. The number of hydrogen-bond donors (Lipinski definition) is 2. The predicted octanol–water partition coefficient (Wildman–Crippen LogP) is 4.86. The molecule has 0 fully saturated rings. The molecular weight excluding hydrogens is 402 g/mol. The van der Waals surface area contributed by atoms with E-state index in [1.54, 1.807) is 13.0 Å². The Morgan fingerprint density at radius 2 is 2.07 bits per heavy atom. The van der Waals surface area contributed by atoms with Gasteiger partial charge in [-0.2, -0.15) is 0 Å². The summed E-state index contributed by atoms with van der Waals surface area (Å²) < 4.78 is 0. The van der Waals surface area contributed by atoms with Crippen molar-refractivity contribution in [1.82, 2.24) is 0 Å². The molecule has 160 valence electrons. The van der Waals surface area contributed by atoms with Crippen LogP contribution in [-0.2, 0) is 12.8 Å². The van der Waals surface area contributed by atoms with Gasteiger partial charge in [-0.1, -0.05) is 33.3 Å². The van der Waals surface area contributed by atoms with Crippen molar-refractivity contribution in [3.8, 4) is 0 Å². The minimum Gasteiger partial charge on any atom is -0.365 e. The van der Waals surface area contributed by atoms with Crippen molar-refractivity contribution in [3.05, 3.63) is 55.4 Å². The fourth-order valence-corrected chi connectivity index (χ4v) is 5.34. The van der Waals surface area contributed by atoms with E-state index < -0.39 is 16.7 Å². The van der Waals surface area contributed by atoms with Gasteiger partial charge in [0.05, 0.1) is 10.5 Å². The van der Waals surface area contributed by atoms with Crippen LogP contribution >= 0.6 is 11.3 Å². The molecule has 1 aromatic heterocycles. The molecule has 8 heteroatoms. The Morgan fingerprint density at radius 1 is 1.37 bits per heavy atom. The van der Waals surface area contributed by atoms with E-state index in [1.807, 2.05) is 0 Å². The molecule has 0 aliphatic heterocycles. The third-order valence-corrected chi connectivity index (χ3v) is 7.59. The Labute approximate surface area is 179 Å². The molecule has 1 atom stereocenters. The number of carbonyl (C=O) groups is 2. The highest BCUT2D eigenvalue weighted by atomic mass is 32.1. The highest BCUT2D eigenvalue weighted by Crippen LogP contribution is 2.45. The number of anilines is 1. The molecule has 0 spiro atoms. The van der Waals surface area contributed by atoms with Crippen LogP contribution in [0.3, 0.4) is 0 Å². The average molecular weight is 430 g/mol. The van der Waals surface area contributed by atoms with Gasteiger partial charge in [-0.25, -0.2) is 0 Å². The lowest BCUT2D eigenvalue weighted by Crippen LogP contribution is -2.29. The Hall–Kier alpha value is -2.74. The second kappa shape index (κ2) is 8.18. The minimum atomic E-state index is -0.564. The number of nitro benzene ring substituents is 1. The van der Waals surface area contributed by atoms with E-state index in [9.17, 15) is 19.7 Å². The van der Waals surface area contributed by atoms with Gasteiger partial charge in [-0.15, -0.1) is 11.3 Å². The van der Waals surface area contributed by atoms with Crippen LogP contribution in [-0.4, -0.2) is 16.7 Å². The molecule has 0 saturated carbocycles. The van der Waals surface area contributed by atoms with Crippen LogP contribution in [0.1, 0.15) is 70.3 Å². The average Bonchev–Trinajstić information content (AvgIpc) is 3.05. The quantitative estimate of drug-likeness (QED) is 0.504. The number of hydrogen-bond acceptors (Lipinski definition) is 5. The van der Waals surface area contributed by atoms with Gasteiger partial charge in [0, 0.05) is 22.1 Å². The molecule has 3 N–H and O–H groups in total. The number of benzene rings is 1. The van der Waals surface area contributed by atoms with Gasteiger partial charge < -0.3 is 11.1 Å². The summed E-state index contributed by atoms with van der Waals surface area (Å²) in [4.78, 5) is 36.7. The number of nitro groups is 1. The monoisotopic (exact) mass is 429 g/mol. The standard InChI is InChI=1S/C22H27N3O4S/c1-5-22(3,4)14-8-9-15-17(11-14)30-21(18(15)19(23)26)24-20(27)13-7-6-12(2)16(10-13)25(28)29/h6-7,10,14H,5,8-9,11H2,1-4H3,(H2,23,26)(H,24,27)/t14-/m1/s1. The third kappa shape index (κ3) is 4.09. The zero-order valence-electron chi connectivity index (χ0n) is 17.7. The lowest BCUT2D eigenvalue weighted by atomic mass is 9.69. The zero-order chi connectivity index (χ0) is 22.2. The molecule has 7 nitrogen and oxygen atoms in total. The van der Waals surface area contributed by atoms with E-state index in [2.05, 4.69) is 26.1 Å². The normalized spacial score (nSPS) is 16.1. The lowest BCUT2D eigenvalue weighted by molar-refractivity contribution is -0.385. The fourth-order valence-electron chi connectivity index (χ4n) is 4.01. The number of primary amides is 1. The Kier molecular flexibility index (Phi) is 5.99. The number of nitrogens with two attached hydrogens (primary N) is 1. The molecule has 0 saturated heterocycles. The first-order valence-electron chi connectivity index (χ1n) is 10.1. The molecule has 2 amide bonds. The van der Waals surface area contributed by atoms with Crippen molar-refractivity contribution in [3.63, 3.8) is 0 Å². The van der Waals surface area contributed by atoms with Crippen LogP contribution in [0.25, 0.3) is 0 Å². The molecule has 1 heterocycles. The molecule has 0 radical (unpaired) electrons. The van der Waals surface area contributed by atoms with Crippen LogP contribution in [0.2, 0.25) is 0 Å². The number of fused-ring (bicyclic) bond motifs is 1. The van der Waals surface area contributed by atoms with Gasteiger partial charge in [-0.3, -0.25) is 19.7 Å². The summed E-state index contributed by atoms with van der Waals surface area (Å²) >= 11 is 1.39. The smallest absolute Gasteiger partial charge is 0.273 e. The van der Waals surface area contributed by atoms with Crippen molar-refractivity contribution < 1.29 is 14.5 Å². The molecule has 1 aliphatic rings. The van der Waals surface area contributed by atoms with Crippen molar-refractivity contribution in [2.75, 3.05) is 5.32 Å². The van der Waals surface area contributed by atoms with E-state index in [1.165, 1.54) is 23.5 Å². The third-order valence-electron chi connectivity index (χ3n) is 6.42. The lowest BCUT2D eigenvalue weighted by Gasteiger charge is -2.36. The fraction of sp³-hybridized carbons (Fsp3) is 0.455. The van der Waals surface area contributed by atoms with Gasteiger partial charge in [0.2, 0.25) is 0 Å². The maximum atomic E-state index is 12.8. The van der Waals surface area contributed by atoms with Crippen molar-refractivity contribution in [1.29, 1.82) is 0 Å². The molecule has 1 aromatic carbocycles. The molecule has 3 rings (SSSR count). The molecule has 30 heavy (non-hydrogen) atoms. The molecule has 2 aromatic rings. The Morgan fingerprint density at radius 3 is 2.67 bits per heavy atom. The van der Waals surface area contributed by atoms with Crippen molar-refractivity contribution in [2.24, 2.45) is 17.1 Å². The summed E-state index contributed by atoms with van der Waals surface area (Å²) in [6.07, 6.45) is 3.65. The van der Waals surface area contributed by atoms with Crippen LogP contribution < -0.4 is 11.1 Å². The van der Waals surface area contributed by atoms with Crippen LogP contribution in [0, 0.1) is 28.4 Å². The largest absolute Gasteiger partial charge is 0.365 e. The number of nitrogens with one attached hydrogen (secondary N) is 1. The van der Waals surface area contributed by atoms with Crippen molar-refractivity contribution in [2.45, 2.75) is 53.4 Å². The number of amides is 2. The van der Waals surface area contributed by atoms with Crippen molar-refractivity contribution >= 4 is 33.8 Å². The number of nitrogens with zero attached hydrogens (tertiary/aromatic N) is 1. The highest BCUT2D eigenvalue weighted by Gasteiger charge is 2.35. The SMILES string of the molecule is CCC(C)(C)[C@@H]1CCc2c(sc(NC(=O)c3ccc(C)c([N+](=O)[O-])c3)c2C(N)=O)C1. The molecule has 0 unspecified atom stereocenters. The van der Waals surface area contributed by atoms with E-state index in [4.69, 9.17) is 5.73 Å². The predicted molar refractivity (Wildman–Crippen MR) is 118 cm³/mol. The van der Waals surface area contributed by atoms with Gasteiger partial charge >= 0.3 is 0 Å². The summed E-state index contributed by atoms with van der Waals surface area (Å²) in [6.45, 7) is 8.33. The topological polar surface area (TPSA) is 115 Å². The maximum absolute atomic E-state index is 12.8. The van der Waals surface area contributed by atoms with Crippen LogP contribution in [0.4, 0.5) is 10.7 Å². The highest BCUT2D eigenvalue weighted by molar-refractivity contribution is 7.17. The molecule has 0 bridgehead atoms. The van der Waals surface area contributed by atoms with Gasteiger partial charge in [0.25, 0.3) is 17.5 Å². The van der Waals surface area contributed by atoms with Gasteiger partial charge in [0.1, 0.15) is 5.00 Å². The summed E-state index contributed by atoms with van der Waals surface area (Å²) in [5.41, 5.74) is 7.68. The second-order valence-corrected chi connectivity index (χ2v) is 9.67. The first-order chi connectivity index (χ1) is 14.0. The van der Waals surface area contributed by atoms with E-state index in [-0.39, 0.29) is 16.7 Å². The van der Waals surface area contributed by atoms with Gasteiger partial charge in [0.15, 0.2) is 0 Å². The zero-order valence-corrected chi connectivity index (χ0v) is 18.5. The van der Waals surface area contributed by atoms with Crippen LogP contribution in [0.5, 0.6) is 0 Å². The van der Waals surface area contributed by atoms with E-state index in [0.717, 1.165) is 36.1 Å². The minimum absolute atomic E-state index is 0.118. The Bertz CT molecular complexity index is 1030. The first-order valence-corrected chi connectivity index (χ1v) is 10.9. The first kappa shape index (κ1) is 22.0. The van der Waals surface area contributed by atoms with Crippen LogP contribution in [0.15, 0.2) is 18.2 Å². The van der Waals surface area contributed by atoms with E-state index in [0.29, 0.717) is 22.0 Å². The summed E-state index contributed by atoms with van der Waals surface area (Å²) in [6, 6.07) is 4.33. The summed E-state index contributed by atoms with van der Waals surface area (Å²) in [5.74, 6) is -0.562. The molecule has 1 aliphatic carbocycles. The Balaban J connectivity index is 1.92. The number of rotatable bonds is 6. The number of thiophene rings is 1. The summed E-state index contributed by atoms with van der Waals surface area (Å²) in [5, 5.41) is 14.4.